The molecule has 60 valence electrons. The van der Waals surface area contributed by atoms with Gasteiger partial charge < -0.3 is 5.73 Å². The standard InChI is InChI=1S/C7H7F2NO/c8-7(9)4-2-1-3-5(7)6(10)11/h1-5H,(H2,10,11). The molecule has 1 unspecified atom stereocenters. The molecule has 0 spiro atoms. The minimum Gasteiger partial charge on any atom is -0.369 e. The molecule has 0 aromatic carbocycles. The second-order valence-electron chi connectivity index (χ2n) is 2.30. The van der Waals surface area contributed by atoms with E-state index in [1.54, 1.807) is 0 Å². The first-order valence-electron chi connectivity index (χ1n) is 3.07. The van der Waals surface area contributed by atoms with Gasteiger partial charge in [-0.05, 0) is 6.08 Å². The predicted molar refractivity (Wildman–Crippen MR) is 35.9 cm³/mol. The summed E-state index contributed by atoms with van der Waals surface area (Å²) in [6.45, 7) is 0. The van der Waals surface area contributed by atoms with Gasteiger partial charge in [0, 0.05) is 0 Å². The van der Waals surface area contributed by atoms with Gasteiger partial charge in [0.25, 0.3) is 5.92 Å². The lowest BCUT2D eigenvalue weighted by Gasteiger charge is -2.19. The summed E-state index contributed by atoms with van der Waals surface area (Å²) >= 11 is 0. The van der Waals surface area contributed by atoms with Crippen LogP contribution in [0.1, 0.15) is 0 Å². The molecule has 0 saturated heterocycles. The summed E-state index contributed by atoms with van der Waals surface area (Å²) in [7, 11) is 0. The van der Waals surface area contributed by atoms with E-state index >= 15 is 0 Å². The molecule has 0 bridgehead atoms. The maximum atomic E-state index is 12.7. The number of hydrogen-bond acceptors (Lipinski definition) is 1. The monoisotopic (exact) mass is 159 g/mol. The van der Waals surface area contributed by atoms with E-state index in [1.165, 1.54) is 12.2 Å². The number of alkyl halides is 2. The lowest BCUT2D eigenvalue weighted by atomic mass is 9.96. The Morgan fingerprint density at radius 1 is 1.45 bits per heavy atom. The zero-order chi connectivity index (χ0) is 8.48. The molecule has 1 aliphatic rings. The van der Waals surface area contributed by atoms with Crippen LogP contribution in [-0.2, 0) is 4.79 Å². The fourth-order valence-electron chi connectivity index (χ4n) is 0.876. The first kappa shape index (κ1) is 7.91. The van der Waals surface area contributed by atoms with E-state index in [0.29, 0.717) is 6.08 Å². The van der Waals surface area contributed by atoms with Gasteiger partial charge in [0.15, 0.2) is 0 Å². The highest BCUT2D eigenvalue weighted by molar-refractivity contribution is 5.80. The molecule has 2 N–H and O–H groups in total. The molecule has 1 rings (SSSR count). The van der Waals surface area contributed by atoms with Crippen LogP contribution in [0.5, 0.6) is 0 Å². The topological polar surface area (TPSA) is 43.1 Å². The third-order valence-corrected chi connectivity index (χ3v) is 1.45. The molecule has 0 heterocycles. The average Bonchev–Trinajstić information content (AvgIpc) is 1.85. The van der Waals surface area contributed by atoms with Crippen LogP contribution in [0, 0.1) is 5.92 Å². The number of allylic oxidation sites excluding steroid dienone is 3. The summed E-state index contributed by atoms with van der Waals surface area (Å²) in [5.74, 6) is -5.62. The van der Waals surface area contributed by atoms with Gasteiger partial charge in [-0.1, -0.05) is 18.2 Å². The van der Waals surface area contributed by atoms with Crippen LogP contribution in [-0.4, -0.2) is 11.8 Å². The molecule has 0 radical (unpaired) electrons. The summed E-state index contributed by atoms with van der Waals surface area (Å²) < 4.78 is 25.4. The van der Waals surface area contributed by atoms with Gasteiger partial charge in [-0.15, -0.1) is 0 Å². The van der Waals surface area contributed by atoms with Crippen molar-refractivity contribution in [3.63, 3.8) is 0 Å². The summed E-state index contributed by atoms with van der Waals surface area (Å²) in [6, 6.07) is 0. The summed E-state index contributed by atoms with van der Waals surface area (Å²) in [4.78, 5) is 10.4. The third-order valence-electron chi connectivity index (χ3n) is 1.45. The fraction of sp³-hybridized carbons (Fsp3) is 0.286. The van der Waals surface area contributed by atoms with Crippen LogP contribution < -0.4 is 5.73 Å². The van der Waals surface area contributed by atoms with Gasteiger partial charge >= 0.3 is 0 Å². The van der Waals surface area contributed by atoms with Gasteiger partial charge in [-0.3, -0.25) is 4.79 Å². The summed E-state index contributed by atoms with van der Waals surface area (Å²) in [6.07, 6.45) is 4.34. The normalized spacial score (nSPS) is 26.9. The highest BCUT2D eigenvalue weighted by Crippen LogP contribution is 2.29. The lowest BCUT2D eigenvalue weighted by Crippen LogP contribution is -2.36. The quantitative estimate of drug-likeness (QED) is 0.605. The Labute approximate surface area is 62.4 Å². The van der Waals surface area contributed by atoms with Crippen LogP contribution >= 0.6 is 0 Å². The Kier molecular flexibility index (Phi) is 1.76. The molecular formula is C7H7F2NO. The van der Waals surface area contributed by atoms with E-state index < -0.39 is 17.7 Å². The Morgan fingerprint density at radius 3 is 2.45 bits per heavy atom. The molecular weight excluding hydrogens is 152 g/mol. The zero-order valence-corrected chi connectivity index (χ0v) is 5.63. The number of halogens is 2. The largest absolute Gasteiger partial charge is 0.369 e. The highest BCUT2D eigenvalue weighted by Gasteiger charge is 2.40. The molecule has 0 aromatic heterocycles. The second kappa shape index (κ2) is 2.45. The van der Waals surface area contributed by atoms with Gasteiger partial charge in [0.1, 0.15) is 5.92 Å². The van der Waals surface area contributed by atoms with E-state index in [0.717, 1.165) is 6.08 Å². The number of nitrogens with two attached hydrogens (primary N) is 1. The van der Waals surface area contributed by atoms with Crippen LogP contribution in [0.4, 0.5) is 8.78 Å². The van der Waals surface area contributed by atoms with Crippen molar-refractivity contribution < 1.29 is 13.6 Å². The number of carbonyl (C=O) groups excluding carboxylic acids is 1. The maximum absolute atomic E-state index is 12.7. The van der Waals surface area contributed by atoms with Crippen LogP contribution in [0.15, 0.2) is 24.3 Å². The number of primary amides is 1. The molecule has 1 amide bonds. The van der Waals surface area contributed by atoms with Gasteiger partial charge in [-0.2, -0.15) is 0 Å². The highest BCUT2D eigenvalue weighted by atomic mass is 19.3. The van der Waals surface area contributed by atoms with Crippen molar-refractivity contribution in [1.82, 2.24) is 0 Å². The summed E-state index contributed by atoms with van der Waals surface area (Å²) in [5, 5.41) is 0. The molecule has 2 nitrogen and oxygen atoms in total. The second-order valence-corrected chi connectivity index (χ2v) is 2.30. The van der Waals surface area contributed by atoms with Crippen molar-refractivity contribution in [2.24, 2.45) is 11.7 Å². The third kappa shape index (κ3) is 1.45. The Balaban J connectivity index is 2.89. The Bertz CT molecular complexity index is 233. The lowest BCUT2D eigenvalue weighted by molar-refractivity contribution is -0.128. The number of rotatable bonds is 1. The van der Waals surface area contributed by atoms with Crippen molar-refractivity contribution in [2.45, 2.75) is 5.92 Å². The average molecular weight is 159 g/mol. The predicted octanol–water partition coefficient (Wildman–Crippen LogP) is 0.849. The van der Waals surface area contributed by atoms with Crippen LogP contribution in [0.25, 0.3) is 0 Å². The van der Waals surface area contributed by atoms with E-state index in [9.17, 15) is 13.6 Å². The smallest absolute Gasteiger partial charge is 0.281 e. The molecule has 11 heavy (non-hydrogen) atoms. The van der Waals surface area contributed by atoms with Gasteiger partial charge in [0.05, 0.1) is 0 Å². The van der Waals surface area contributed by atoms with Gasteiger partial charge in [-0.25, -0.2) is 8.78 Å². The number of hydrogen-bond donors (Lipinski definition) is 1. The number of carbonyl (C=O) groups is 1. The minimum atomic E-state index is -3.12. The van der Waals surface area contributed by atoms with Gasteiger partial charge in [0.2, 0.25) is 5.91 Å². The number of amides is 1. The maximum Gasteiger partial charge on any atom is 0.281 e. The molecule has 4 heteroatoms. The molecule has 0 aliphatic heterocycles. The Morgan fingerprint density at radius 2 is 2.09 bits per heavy atom. The molecule has 0 fully saturated rings. The molecule has 0 aromatic rings. The van der Waals surface area contributed by atoms with Crippen molar-refractivity contribution in [3.8, 4) is 0 Å². The van der Waals surface area contributed by atoms with Crippen molar-refractivity contribution in [1.29, 1.82) is 0 Å². The van der Waals surface area contributed by atoms with E-state index in [4.69, 9.17) is 5.73 Å². The van der Waals surface area contributed by atoms with Crippen molar-refractivity contribution in [2.75, 3.05) is 0 Å². The van der Waals surface area contributed by atoms with E-state index in [2.05, 4.69) is 0 Å². The zero-order valence-electron chi connectivity index (χ0n) is 5.63. The first-order valence-corrected chi connectivity index (χ1v) is 3.07. The summed E-state index contributed by atoms with van der Waals surface area (Å²) in [5.41, 5.74) is 4.74. The molecule has 0 saturated carbocycles. The molecule has 1 aliphatic carbocycles. The minimum absolute atomic E-state index is 0.669. The Hall–Kier alpha value is -1.19. The van der Waals surface area contributed by atoms with Crippen LogP contribution in [0.2, 0.25) is 0 Å². The van der Waals surface area contributed by atoms with Crippen molar-refractivity contribution in [3.05, 3.63) is 24.3 Å². The first-order chi connectivity index (χ1) is 5.04. The van der Waals surface area contributed by atoms with Crippen molar-refractivity contribution >= 4 is 5.91 Å². The van der Waals surface area contributed by atoms with E-state index in [-0.39, 0.29) is 0 Å². The fourth-order valence-corrected chi connectivity index (χ4v) is 0.876. The SMILES string of the molecule is NC(=O)C1C=CC=CC1(F)F. The van der Waals surface area contributed by atoms with E-state index in [1.807, 2.05) is 0 Å². The molecule has 1 atom stereocenters. The van der Waals surface area contributed by atoms with Crippen LogP contribution in [0.3, 0.4) is 0 Å².